The molecule has 2 aliphatic heterocycles. The first-order valence-corrected chi connectivity index (χ1v) is 16.1. The maximum absolute atomic E-state index is 15.5. The summed E-state index contributed by atoms with van der Waals surface area (Å²) < 4.78 is 15.9. The highest BCUT2D eigenvalue weighted by Crippen LogP contribution is 2.69. The fraction of sp³-hybridized carbons (Fsp3) is 0.0698. The predicted molar refractivity (Wildman–Crippen MR) is 190 cm³/mol. The zero-order chi connectivity index (χ0) is 32.3. The lowest BCUT2D eigenvalue weighted by Gasteiger charge is -2.52. The Morgan fingerprint density at radius 3 is 1.88 bits per heavy atom. The second-order valence-electron chi connectivity index (χ2n) is 12.1. The highest BCUT2D eigenvalue weighted by molar-refractivity contribution is 6.00. The third-order valence-electron chi connectivity index (χ3n) is 9.77. The molecule has 0 radical (unpaired) electrons. The number of methoxy groups -OCH3 is 1. The van der Waals surface area contributed by atoms with Gasteiger partial charge in [0.1, 0.15) is 17.3 Å². The van der Waals surface area contributed by atoms with Crippen LogP contribution in [0.3, 0.4) is 0 Å². The Morgan fingerprint density at radius 1 is 0.625 bits per heavy atom. The van der Waals surface area contributed by atoms with Crippen molar-refractivity contribution in [2.75, 3.05) is 7.11 Å². The minimum absolute atomic E-state index is 0.153. The minimum atomic E-state index is -1.32. The molecule has 0 amide bonds. The van der Waals surface area contributed by atoms with Crippen molar-refractivity contribution < 1.29 is 9.47 Å². The molecule has 48 heavy (non-hydrogen) atoms. The molecule has 230 valence electrons. The lowest BCUT2D eigenvalue weighted by molar-refractivity contribution is 0.0211. The topological polar surface area (TPSA) is 53.4 Å². The van der Waals surface area contributed by atoms with Gasteiger partial charge in [0.25, 0.3) is 5.56 Å². The molecule has 0 aliphatic carbocycles. The van der Waals surface area contributed by atoms with E-state index in [4.69, 9.17) is 14.5 Å². The molecule has 0 saturated heterocycles. The molecule has 6 aromatic carbocycles. The Morgan fingerprint density at radius 2 is 1.21 bits per heavy atom. The van der Waals surface area contributed by atoms with Crippen LogP contribution in [0.15, 0.2) is 169 Å². The van der Waals surface area contributed by atoms with E-state index in [0.717, 1.165) is 39.0 Å². The van der Waals surface area contributed by atoms with E-state index in [9.17, 15) is 0 Å². The largest absolute Gasteiger partial charge is 0.496 e. The van der Waals surface area contributed by atoms with Crippen molar-refractivity contribution in [1.82, 2.24) is 9.55 Å². The Balaban J connectivity index is 1.63. The van der Waals surface area contributed by atoms with Crippen molar-refractivity contribution in [2.45, 2.75) is 11.1 Å². The van der Waals surface area contributed by atoms with E-state index < -0.39 is 11.1 Å². The number of aromatic nitrogens is 2. The van der Waals surface area contributed by atoms with Gasteiger partial charge >= 0.3 is 0 Å². The average molecular weight is 623 g/mol. The standard InChI is InChI=1S/C43H30N2O3/c1-47-36-28-16-26-34-38(36)43(32-23-12-5-13-24-32)42(31-21-10-4-11-22-31,45-40(34)44-35-27-15-14-25-33(35)41(45)46)37(29-17-6-2-7-18-29)39(48-43)30-19-8-3-9-20-30/h2-28H,1H3/t42-,43-/m0/s1. The smallest absolute Gasteiger partial charge is 0.262 e. The minimum Gasteiger partial charge on any atom is -0.496 e. The molecule has 0 spiro atoms. The van der Waals surface area contributed by atoms with E-state index in [1.807, 2.05) is 120 Å². The molecule has 2 aliphatic rings. The number of ether oxygens (including phenoxy) is 2. The molecule has 0 unspecified atom stereocenters. The number of rotatable bonds is 5. The Kier molecular flexibility index (Phi) is 6.24. The molecule has 5 nitrogen and oxygen atoms in total. The fourth-order valence-electron chi connectivity index (χ4n) is 7.97. The van der Waals surface area contributed by atoms with Gasteiger partial charge in [0.05, 0.1) is 23.6 Å². The Hall–Kier alpha value is -6.20. The third kappa shape index (κ3) is 3.61. The summed E-state index contributed by atoms with van der Waals surface area (Å²) in [5, 5.41) is 0.533. The average Bonchev–Trinajstić information content (AvgIpc) is 3.50. The molecule has 9 rings (SSSR count). The third-order valence-corrected chi connectivity index (χ3v) is 9.77. The summed E-state index contributed by atoms with van der Waals surface area (Å²) in [5.74, 6) is 1.88. The van der Waals surface area contributed by atoms with Crippen LogP contribution in [0.5, 0.6) is 5.75 Å². The molecule has 0 fully saturated rings. The van der Waals surface area contributed by atoms with Crippen molar-refractivity contribution in [3.63, 3.8) is 0 Å². The molecular formula is C43H30N2O3. The van der Waals surface area contributed by atoms with Crippen LogP contribution in [0.1, 0.15) is 27.8 Å². The lowest BCUT2D eigenvalue weighted by atomic mass is 9.60. The van der Waals surface area contributed by atoms with Crippen LogP contribution in [0.25, 0.3) is 33.6 Å². The first kappa shape index (κ1) is 28.1. The van der Waals surface area contributed by atoms with Gasteiger partial charge in [-0.3, -0.25) is 9.36 Å². The quantitative estimate of drug-likeness (QED) is 0.193. The Labute approximate surface area is 278 Å². The molecular weight excluding hydrogens is 592 g/mol. The number of benzene rings is 6. The van der Waals surface area contributed by atoms with Gasteiger partial charge in [-0.25, -0.2) is 4.98 Å². The molecule has 0 N–H and O–H groups in total. The molecule has 3 heterocycles. The summed E-state index contributed by atoms with van der Waals surface area (Å²) in [6.45, 7) is 0. The zero-order valence-electron chi connectivity index (χ0n) is 26.2. The fourth-order valence-corrected chi connectivity index (χ4v) is 7.97. The van der Waals surface area contributed by atoms with Crippen LogP contribution in [-0.2, 0) is 15.9 Å². The van der Waals surface area contributed by atoms with Crippen LogP contribution in [0.4, 0.5) is 0 Å². The summed E-state index contributed by atoms with van der Waals surface area (Å²) in [6, 6.07) is 54.5. The maximum atomic E-state index is 15.5. The monoisotopic (exact) mass is 622 g/mol. The molecule has 1 aromatic heterocycles. The summed E-state index contributed by atoms with van der Waals surface area (Å²) in [5.41, 5.74) is 3.89. The second kappa shape index (κ2) is 10.7. The zero-order valence-corrected chi connectivity index (χ0v) is 26.2. The first-order chi connectivity index (χ1) is 23.7. The summed E-state index contributed by atoms with van der Waals surface area (Å²) in [7, 11) is 1.69. The van der Waals surface area contributed by atoms with Gasteiger partial charge in [0.15, 0.2) is 11.1 Å². The summed E-state index contributed by atoms with van der Waals surface area (Å²) in [6.07, 6.45) is 0. The van der Waals surface area contributed by atoms with Crippen molar-refractivity contribution in [2.24, 2.45) is 0 Å². The normalized spacial score (nSPS) is 19.3. The van der Waals surface area contributed by atoms with Gasteiger partial charge in [0, 0.05) is 22.3 Å². The van der Waals surface area contributed by atoms with Crippen molar-refractivity contribution in [1.29, 1.82) is 0 Å². The van der Waals surface area contributed by atoms with Gasteiger partial charge < -0.3 is 9.47 Å². The molecule has 2 atom stereocenters. The number of hydrogen-bond acceptors (Lipinski definition) is 4. The number of nitrogens with zero attached hydrogens (tertiary/aromatic N) is 2. The lowest BCUT2D eigenvalue weighted by Crippen LogP contribution is -2.59. The van der Waals surface area contributed by atoms with Crippen LogP contribution in [0, 0.1) is 0 Å². The molecule has 7 aromatic rings. The van der Waals surface area contributed by atoms with Crippen molar-refractivity contribution in [3.8, 4) is 17.1 Å². The number of fused-ring (bicyclic) bond motifs is 7. The van der Waals surface area contributed by atoms with E-state index >= 15 is 4.79 Å². The van der Waals surface area contributed by atoms with Gasteiger partial charge in [0.2, 0.25) is 0 Å². The van der Waals surface area contributed by atoms with E-state index in [1.54, 1.807) is 7.11 Å². The van der Waals surface area contributed by atoms with Gasteiger partial charge in [-0.1, -0.05) is 146 Å². The molecule has 0 saturated carbocycles. The highest BCUT2D eigenvalue weighted by Gasteiger charge is 2.70. The van der Waals surface area contributed by atoms with Crippen LogP contribution in [0.2, 0.25) is 0 Å². The van der Waals surface area contributed by atoms with E-state index in [-0.39, 0.29) is 5.56 Å². The van der Waals surface area contributed by atoms with Gasteiger partial charge in [-0.2, -0.15) is 0 Å². The summed E-state index contributed by atoms with van der Waals surface area (Å²) >= 11 is 0. The predicted octanol–water partition coefficient (Wildman–Crippen LogP) is 8.67. The Bertz CT molecular complexity index is 2420. The highest BCUT2D eigenvalue weighted by atomic mass is 16.5. The molecule has 5 heteroatoms. The second-order valence-corrected chi connectivity index (χ2v) is 12.1. The maximum Gasteiger partial charge on any atom is 0.262 e. The first-order valence-electron chi connectivity index (χ1n) is 16.1. The number of hydrogen-bond donors (Lipinski definition) is 0. The number of para-hydroxylation sites is 1. The van der Waals surface area contributed by atoms with Crippen molar-refractivity contribution in [3.05, 3.63) is 202 Å². The van der Waals surface area contributed by atoms with Crippen LogP contribution in [-0.4, -0.2) is 16.7 Å². The van der Waals surface area contributed by atoms with Crippen molar-refractivity contribution >= 4 is 22.2 Å². The van der Waals surface area contributed by atoms with Crippen LogP contribution >= 0.6 is 0 Å². The van der Waals surface area contributed by atoms with E-state index in [1.165, 1.54) is 0 Å². The SMILES string of the molecule is COc1cccc2c1[C@]1(c3ccccc3)OC(c3ccccc3)=C(c3ccccc3)[C@]1(c1ccccc1)n1c-2nc2ccccc2c1=O. The van der Waals surface area contributed by atoms with Gasteiger partial charge in [-0.05, 0) is 29.3 Å². The molecule has 0 bridgehead atoms. The van der Waals surface area contributed by atoms with E-state index in [2.05, 4.69) is 48.5 Å². The van der Waals surface area contributed by atoms with E-state index in [0.29, 0.717) is 28.2 Å². The summed E-state index contributed by atoms with van der Waals surface area (Å²) in [4.78, 5) is 20.8. The van der Waals surface area contributed by atoms with Crippen LogP contribution < -0.4 is 10.3 Å². The van der Waals surface area contributed by atoms with Gasteiger partial charge in [-0.15, -0.1) is 0 Å².